The van der Waals surface area contributed by atoms with Crippen LogP contribution in [0.25, 0.3) is 11.4 Å². The van der Waals surface area contributed by atoms with E-state index in [4.69, 9.17) is 0 Å². The van der Waals surface area contributed by atoms with Gasteiger partial charge in [-0.3, -0.25) is 9.67 Å². The lowest BCUT2D eigenvalue weighted by Crippen LogP contribution is -2.11. The molecule has 0 aliphatic heterocycles. The number of rotatable bonds is 4. The second-order valence-electron chi connectivity index (χ2n) is 3.80. The molecule has 0 fully saturated rings. The minimum Gasteiger partial charge on any atom is -0.319 e. The van der Waals surface area contributed by atoms with E-state index in [2.05, 4.69) is 31.3 Å². The average Bonchev–Trinajstić information content (AvgIpc) is 2.63. The van der Waals surface area contributed by atoms with Gasteiger partial charge in [-0.25, -0.2) is 0 Å². The van der Waals surface area contributed by atoms with Crippen molar-refractivity contribution in [1.82, 2.24) is 20.1 Å². The van der Waals surface area contributed by atoms with E-state index >= 15 is 0 Å². The van der Waals surface area contributed by atoms with E-state index in [1.165, 1.54) is 0 Å². The molecule has 17 heavy (non-hydrogen) atoms. The fraction of sp³-hybridized carbons (Fsp3) is 0.333. The fourth-order valence-corrected chi connectivity index (χ4v) is 2.48. The van der Waals surface area contributed by atoms with Gasteiger partial charge in [0.1, 0.15) is 5.69 Å². The minimum absolute atomic E-state index is 0.901. The third-order valence-corrected chi connectivity index (χ3v) is 3.41. The first-order valence-corrected chi connectivity index (χ1v) is 6.30. The van der Waals surface area contributed by atoms with Crippen LogP contribution < -0.4 is 5.32 Å². The van der Waals surface area contributed by atoms with Crippen molar-refractivity contribution in [1.29, 1.82) is 0 Å². The van der Waals surface area contributed by atoms with Crippen LogP contribution in [0.3, 0.4) is 0 Å². The molecule has 0 radical (unpaired) electrons. The third-order valence-electron chi connectivity index (χ3n) is 2.57. The molecule has 2 rings (SSSR count). The highest BCUT2D eigenvalue weighted by Crippen LogP contribution is 2.29. The molecule has 2 aromatic heterocycles. The minimum atomic E-state index is 0.901. The van der Waals surface area contributed by atoms with E-state index in [-0.39, 0.29) is 0 Å². The number of nitrogens with one attached hydrogen (secondary N) is 1. The summed E-state index contributed by atoms with van der Waals surface area (Å²) in [6.07, 6.45) is 2.69. The van der Waals surface area contributed by atoms with Crippen LogP contribution in [-0.4, -0.2) is 28.4 Å². The fourth-order valence-electron chi connectivity index (χ4n) is 1.74. The lowest BCUT2D eigenvalue weighted by atomic mass is 10.2. The Kier molecular flexibility index (Phi) is 3.91. The van der Waals surface area contributed by atoms with E-state index in [1.54, 1.807) is 6.20 Å². The maximum atomic E-state index is 4.51. The summed E-state index contributed by atoms with van der Waals surface area (Å²) in [4.78, 5) is 4.36. The van der Waals surface area contributed by atoms with Crippen LogP contribution in [-0.2, 0) is 13.5 Å². The number of nitrogens with zero attached hydrogens (tertiary/aromatic N) is 3. The van der Waals surface area contributed by atoms with Crippen molar-refractivity contribution < 1.29 is 0 Å². The summed E-state index contributed by atoms with van der Waals surface area (Å²) in [5.41, 5.74) is 3.02. The third kappa shape index (κ3) is 2.56. The molecule has 4 nitrogen and oxygen atoms in total. The summed E-state index contributed by atoms with van der Waals surface area (Å²) in [5.74, 6) is 0. The van der Waals surface area contributed by atoms with Gasteiger partial charge in [0.05, 0.1) is 15.9 Å². The highest BCUT2D eigenvalue weighted by molar-refractivity contribution is 9.10. The van der Waals surface area contributed by atoms with Crippen molar-refractivity contribution in [2.75, 3.05) is 13.6 Å². The molecule has 0 amide bonds. The lowest BCUT2D eigenvalue weighted by Gasteiger charge is -2.01. The van der Waals surface area contributed by atoms with Gasteiger partial charge < -0.3 is 5.32 Å². The van der Waals surface area contributed by atoms with Crippen LogP contribution in [0, 0.1) is 0 Å². The van der Waals surface area contributed by atoms with Gasteiger partial charge in [-0.05, 0) is 35.1 Å². The number of hydrogen-bond donors (Lipinski definition) is 1. The van der Waals surface area contributed by atoms with Crippen LogP contribution >= 0.6 is 15.9 Å². The summed E-state index contributed by atoms with van der Waals surface area (Å²) in [7, 11) is 3.88. The van der Waals surface area contributed by atoms with Crippen molar-refractivity contribution in [2.24, 2.45) is 7.05 Å². The zero-order valence-corrected chi connectivity index (χ0v) is 11.5. The zero-order chi connectivity index (χ0) is 12.3. The van der Waals surface area contributed by atoms with Crippen LogP contribution in [0.4, 0.5) is 0 Å². The van der Waals surface area contributed by atoms with Gasteiger partial charge in [0.15, 0.2) is 0 Å². The second kappa shape index (κ2) is 5.42. The van der Waals surface area contributed by atoms with Crippen molar-refractivity contribution >= 4 is 15.9 Å². The molecule has 0 aromatic carbocycles. The lowest BCUT2D eigenvalue weighted by molar-refractivity contribution is 0.719. The van der Waals surface area contributed by atoms with Crippen molar-refractivity contribution in [2.45, 2.75) is 6.42 Å². The molecule has 0 aliphatic rings. The van der Waals surface area contributed by atoms with Crippen LogP contribution in [0.2, 0.25) is 0 Å². The Morgan fingerprint density at radius 2 is 2.24 bits per heavy atom. The van der Waals surface area contributed by atoms with E-state index in [0.29, 0.717) is 0 Å². The first-order valence-electron chi connectivity index (χ1n) is 5.51. The molecule has 0 unspecified atom stereocenters. The summed E-state index contributed by atoms with van der Waals surface area (Å²) < 4.78 is 2.91. The molecule has 2 heterocycles. The molecule has 0 aliphatic carbocycles. The molecule has 1 N–H and O–H groups in total. The molecular weight excluding hydrogens is 280 g/mol. The molecule has 5 heteroatoms. The first-order chi connectivity index (χ1) is 8.24. The second-order valence-corrected chi connectivity index (χ2v) is 4.59. The van der Waals surface area contributed by atoms with Gasteiger partial charge in [-0.15, -0.1) is 0 Å². The van der Waals surface area contributed by atoms with E-state index in [0.717, 1.165) is 34.5 Å². The SMILES string of the molecule is CNCCc1nn(C)c(-c2ccccn2)c1Br. The predicted octanol–water partition coefficient (Wildman–Crippen LogP) is 2.01. The summed E-state index contributed by atoms with van der Waals surface area (Å²) in [6, 6.07) is 5.88. The van der Waals surface area contributed by atoms with Crippen molar-refractivity contribution in [3.63, 3.8) is 0 Å². The number of likely N-dealkylation sites (N-methyl/N-ethyl adjacent to an activating group) is 1. The Balaban J connectivity index is 2.38. The maximum Gasteiger partial charge on any atom is 0.101 e. The average molecular weight is 295 g/mol. The molecule has 0 saturated carbocycles. The van der Waals surface area contributed by atoms with E-state index in [9.17, 15) is 0 Å². The van der Waals surface area contributed by atoms with Crippen LogP contribution in [0.5, 0.6) is 0 Å². The standard InChI is InChI=1S/C12H15BrN4/c1-14-8-6-9-11(13)12(17(2)16-9)10-5-3-4-7-15-10/h3-5,7,14H,6,8H2,1-2H3. The normalized spacial score (nSPS) is 10.8. The Hall–Kier alpha value is -1.20. The highest BCUT2D eigenvalue weighted by atomic mass is 79.9. The maximum absolute atomic E-state index is 4.51. The quantitative estimate of drug-likeness (QED) is 0.938. The number of aryl methyl sites for hydroxylation is 1. The molecular formula is C12H15BrN4. The number of halogens is 1. The molecule has 90 valence electrons. The number of pyridine rings is 1. The molecule has 0 saturated heterocycles. The van der Waals surface area contributed by atoms with Gasteiger partial charge in [-0.1, -0.05) is 6.07 Å². The van der Waals surface area contributed by atoms with Gasteiger partial charge >= 0.3 is 0 Å². The molecule has 0 bridgehead atoms. The molecule has 2 aromatic rings. The van der Waals surface area contributed by atoms with Crippen LogP contribution in [0.15, 0.2) is 28.9 Å². The Morgan fingerprint density at radius 1 is 1.41 bits per heavy atom. The molecule has 0 spiro atoms. The van der Waals surface area contributed by atoms with Crippen molar-refractivity contribution in [3.8, 4) is 11.4 Å². The highest BCUT2D eigenvalue weighted by Gasteiger charge is 2.15. The molecule has 0 atom stereocenters. The van der Waals surface area contributed by atoms with E-state index < -0.39 is 0 Å². The summed E-state index contributed by atoms with van der Waals surface area (Å²) in [5, 5.41) is 7.64. The Labute approximate surface area is 109 Å². The largest absolute Gasteiger partial charge is 0.319 e. The summed E-state index contributed by atoms with van der Waals surface area (Å²) >= 11 is 3.62. The predicted molar refractivity (Wildman–Crippen MR) is 71.8 cm³/mol. The summed E-state index contributed by atoms with van der Waals surface area (Å²) in [6.45, 7) is 0.914. The topological polar surface area (TPSA) is 42.7 Å². The number of aromatic nitrogens is 3. The van der Waals surface area contributed by atoms with E-state index in [1.807, 2.05) is 37.0 Å². The zero-order valence-electron chi connectivity index (χ0n) is 9.94. The van der Waals surface area contributed by atoms with Crippen molar-refractivity contribution in [3.05, 3.63) is 34.6 Å². The first kappa shape index (κ1) is 12.3. The van der Waals surface area contributed by atoms with Crippen LogP contribution in [0.1, 0.15) is 5.69 Å². The Morgan fingerprint density at radius 3 is 2.88 bits per heavy atom. The Bertz CT molecular complexity index is 493. The monoisotopic (exact) mass is 294 g/mol. The van der Waals surface area contributed by atoms with Gasteiger partial charge in [-0.2, -0.15) is 5.10 Å². The van der Waals surface area contributed by atoms with Gasteiger partial charge in [0.25, 0.3) is 0 Å². The number of hydrogen-bond acceptors (Lipinski definition) is 3. The van der Waals surface area contributed by atoms with Gasteiger partial charge in [0.2, 0.25) is 0 Å². The smallest absolute Gasteiger partial charge is 0.101 e. The van der Waals surface area contributed by atoms with Gasteiger partial charge in [0, 0.05) is 26.2 Å².